The molecule has 4 nitrogen and oxygen atoms in total. The van der Waals surface area contributed by atoms with Crippen LogP contribution in [0, 0.1) is 0 Å². The van der Waals surface area contributed by atoms with E-state index in [1.807, 2.05) is 19.1 Å². The fourth-order valence-electron chi connectivity index (χ4n) is 3.02. The topological polar surface area (TPSA) is 58.7 Å². The van der Waals surface area contributed by atoms with Gasteiger partial charge in [-0.2, -0.15) is 0 Å². The number of nitrogens with two attached hydrogens (primary N) is 1. The summed E-state index contributed by atoms with van der Waals surface area (Å²) >= 11 is 0. The van der Waals surface area contributed by atoms with E-state index in [4.69, 9.17) is 10.5 Å². The predicted octanol–water partition coefficient (Wildman–Crippen LogP) is 1.54. The molecular weight excluding hydrogens is 240 g/mol. The fourth-order valence-corrected chi connectivity index (χ4v) is 3.02. The molecule has 1 aromatic rings. The summed E-state index contributed by atoms with van der Waals surface area (Å²) in [7, 11) is 1.67. The van der Waals surface area contributed by atoms with Gasteiger partial charge in [-0.15, -0.1) is 0 Å². The fraction of sp³-hybridized carbons (Fsp3) is 0.600. The van der Waals surface area contributed by atoms with Gasteiger partial charge in [0.2, 0.25) is 0 Å². The third kappa shape index (κ3) is 3.08. The minimum absolute atomic E-state index is 0.0283. The van der Waals surface area contributed by atoms with Crippen LogP contribution in [0.1, 0.15) is 31.4 Å². The van der Waals surface area contributed by atoms with Crippen LogP contribution >= 0.6 is 0 Å². The second-order valence-electron chi connectivity index (χ2n) is 5.29. The molecule has 106 valence electrons. The molecule has 1 aliphatic rings. The largest absolute Gasteiger partial charge is 0.497 e. The first kappa shape index (κ1) is 14.3. The standard InChI is InChI=1S/C15H24N2O2/c1-11(16)15(17-9-3-4-13(17)10-18)12-5-7-14(19-2)8-6-12/h5-8,11,13,15,18H,3-4,9-10,16H2,1-2H3. The van der Waals surface area contributed by atoms with Crippen LogP contribution in [0.5, 0.6) is 5.75 Å². The molecule has 0 aromatic heterocycles. The van der Waals surface area contributed by atoms with Crippen molar-refractivity contribution in [3.05, 3.63) is 29.8 Å². The first-order valence-electron chi connectivity index (χ1n) is 6.93. The molecule has 2 rings (SSSR count). The molecule has 0 bridgehead atoms. The van der Waals surface area contributed by atoms with Crippen LogP contribution in [0.2, 0.25) is 0 Å². The van der Waals surface area contributed by atoms with E-state index < -0.39 is 0 Å². The highest BCUT2D eigenvalue weighted by molar-refractivity contribution is 5.30. The lowest BCUT2D eigenvalue weighted by Crippen LogP contribution is -2.43. The molecule has 1 fully saturated rings. The molecule has 0 saturated carbocycles. The Balaban J connectivity index is 2.23. The van der Waals surface area contributed by atoms with Crippen molar-refractivity contribution in [1.82, 2.24) is 4.90 Å². The molecule has 1 saturated heterocycles. The molecule has 4 heteroatoms. The third-order valence-corrected chi connectivity index (χ3v) is 3.95. The number of methoxy groups -OCH3 is 1. The van der Waals surface area contributed by atoms with Crippen LogP contribution < -0.4 is 10.5 Å². The van der Waals surface area contributed by atoms with Gasteiger partial charge in [0.05, 0.1) is 13.7 Å². The first-order chi connectivity index (χ1) is 9.17. The zero-order chi connectivity index (χ0) is 13.8. The van der Waals surface area contributed by atoms with E-state index in [1.165, 1.54) is 5.56 Å². The van der Waals surface area contributed by atoms with Gasteiger partial charge in [0.15, 0.2) is 0 Å². The molecule has 3 N–H and O–H groups in total. The monoisotopic (exact) mass is 264 g/mol. The minimum atomic E-state index is 0.0283. The van der Waals surface area contributed by atoms with E-state index in [-0.39, 0.29) is 24.7 Å². The van der Waals surface area contributed by atoms with Crippen LogP contribution in [-0.2, 0) is 0 Å². The number of likely N-dealkylation sites (tertiary alicyclic amines) is 1. The lowest BCUT2D eigenvalue weighted by atomic mass is 9.98. The summed E-state index contributed by atoms with van der Waals surface area (Å²) in [6.45, 7) is 3.24. The Hall–Kier alpha value is -1.10. The average molecular weight is 264 g/mol. The van der Waals surface area contributed by atoms with E-state index in [0.29, 0.717) is 0 Å². The van der Waals surface area contributed by atoms with Crippen molar-refractivity contribution in [1.29, 1.82) is 0 Å². The maximum Gasteiger partial charge on any atom is 0.118 e. The highest BCUT2D eigenvalue weighted by atomic mass is 16.5. The maximum absolute atomic E-state index is 9.49. The van der Waals surface area contributed by atoms with Gasteiger partial charge in [0.25, 0.3) is 0 Å². The Morgan fingerprint density at radius 2 is 2.11 bits per heavy atom. The molecule has 0 amide bonds. The Labute approximate surface area is 115 Å². The molecule has 1 aromatic carbocycles. The molecule has 1 aliphatic heterocycles. The Morgan fingerprint density at radius 1 is 1.42 bits per heavy atom. The second-order valence-corrected chi connectivity index (χ2v) is 5.29. The number of rotatable bonds is 5. The number of aliphatic hydroxyl groups excluding tert-OH is 1. The summed E-state index contributed by atoms with van der Waals surface area (Å²) in [4.78, 5) is 2.34. The molecule has 3 atom stereocenters. The Kier molecular flexibility index (Phi) is 4.80. The van der Waals surface area contributed by atoms with Gasteiger partial charge in [-0.3, -0.25) is 4.90 Å². The van der Waals surface area contributed by atoms with Gasteiger partial charge in [0.1, 0.15) is 5.75 Å². The average Bonchev–Trinajstić information content (AvgIpc) is 2.87. The predicted molar refractivity (Wildman–Crippen MR) is 76.2 cm³/mol. The SMILES string of the molecule is COc1ccc(C(C(C)N)N2CCCC2CO)cc1. The summed E-state index contributed by atoms with van der Waals surface area (Å²) < 4.78 is 5.19. The number of ether oxygens (including phenoxy) is 1. The van der Waals surface area contributed by atoms with Crippen molar-refractivity contribution < 1.29 is 9.84 Å². The highest BCUT2D eigenvalue weighted by Crippen LogP contribution is 2.31. The smallest absolute Gasteiger partial charge is 0.118 e. The van der Waals surface area contributed by atoms with E-state index >= 15 is 0 Å². The molecule has 1 heterocycles. The number of hydrogen-bond donors (Lipinski definition) is 2. The number of hydrogen-bond acceptors (Lipinski definition) is 4. The van der Waals surface area contributed by atoms with Gasteiger partial charge in [-0.1, -0.05) is 12.1 Å². The third-order valence-electron chi connectivity index (χ3n) is 3.95. The van der Waals surface area contributed by atoms with Crippen molar-refractivity contribution in [2.45, 2.75) is 37.9 Å². The van der Waals surface area contributed by atoms with Crippen LogP contribution in [-0.4, -0.2) is 42.4 Å². The highest BCUT2D eigenvalue weighted by Gasteiger charge is 2.33. The summed E-state index contributed by atoms with van der Waals surface area (Å²) in [5, 5.41) is 9.49. The van der Waals surface area contributed by atoms with Crippen molar-refractivity contribution in [3.8, 4) is 5.75 Å². The number of aliphatic hydroxyl groups is 1. The van der Waals surface area contributed by atoms with Crippen LogP contribution in [0.4, 0.5) is 0 Å². The second kappa shape index (κ2) is 6.37. The van der Waals surface area contributed by atoms with Crippen molar-refractivity contribution in [3.63, 3.8) is 0 Å². The molecule has 19 heavy (non-hydrogen) atoms. The number of benzene rings is 1. The minimum Gasteiger partial charge on any atom is -0.497 e. The van der Waals surface area contributed by atoms with Gasteiger partial charge in [-0.05, 0) is 44.0 Å². The quantitative estimate of drug-likeness (QED) is 0.847. The Bertz CT molecular complexity index is 392. The molecule has 0 radical (unpaired) electrons. The zero-order valence-electron chi connectivity index (χ0n) is 11.7. The first-order valence-corrected chi connectivity index (χ1v) is 6.93. The van der Waals surface area contributed by atoms with Gasteiger partial charge in [0, 0.05) is 18.1 Å². The summed E-state index contributed by atoms with van der Waals surface area (Å²) in [6.07, 6.45) is 2.18. The van der Waals surface area contributed by atoms with E-state index in [9.17, 15) is 5.11 Å². The lowest BCUT2D eigenvalue weighted by molar-refractivity contribution is 0.108. The lowest BCUT2D eigenvalue weighted by Gasteiger charge is -2.35. The summed E-state index contributed by atoms with van der Waals surface area (Å²) in [5.74, 6) is 0.854. The molecule has 0 spiro atoms. The Morgan fingerprint density at radius 3 is 2.63 bits per heavy atom. The van der Waals surface area contributed by atoms with Gasteiger partial charge >= 0.3 is 0 Å². The summed E-state index contributed by atoms with van der Waals surface area (Å²) in [5.41, 5.74) is 7.37. The van der Waals surface area contributed by atoms with E-state index in [0.717, 1.165) is 25.1 Å². The van der Waals surface area contributed by atoms with E-state index in [2.05, 4.69) is 17.0 Å². The van der Waals surface area contributed by atoms with Crippen molar-refractivity contribution in [2.24, 2.45) is 5.73 Å². The molecular formula is C15H24N2O2. The normalized spacial score (nSPS) is 23.3. The number of nitrogens with zero attached hydrogens (tertiary/aromatic N) is 1. The molecule has 0 aliphatic carbocycles. The van der Waals surface area contributed by atoms with Gasteiger partial charge < -0.3 is 15.6 Å². The van der Waals surface area contributed by atoms with Crippen LogP contribution in [0.15, 0.2) is 24.3 Å². The summed E-state index contributed by atoms with van der Waals surface area (Å²) in [6, 6.07) is 8.49. The van der Waals surface area contributed by atoms with Crippen LogP contribution in [0.3, 0.4) is 0 Å². The van der Waals surface area contributed by atoms with Crippen molar-refractivity contribution >= 4 is 0 Å². The van der Waals surface area contributed by atoms with Gasteiger partial charge in [-0.25, -0.2) is 0 Å². The van der Waals surface area contributed by atoms with E-state index in [1.54, 1.807) is 7.11 Å². The molecule has 3 unspecified atom stereocenters. The van der Waals surface area contributed by atoms with Crippen molar-refractivity contribution in [2.75, 3.05) is 20.3 Å². The van der Waals surface area contributed by atoms with Crippen LogP contribution in [0.25, 0.3) is 0 Å². The maximum atomic E-state index is 9.49. The zero-order valence-corrected chi connectivity index (χ0v) is 11.7.